The van der Waals surface area contributed by atoms with Gasteiger partial charge < -0.3 is 24.6 Å². The van der Waals surface area contributed by atoms with Gasteiger partial charge in [-0.15, -0.1) is 12.4 Å². The Balaban J connectivity index is 0.00000306. The number of phenolic OH excluding ortho intramolecular Hbond substituents is 1. The van der Waals surface area contributed by atoms with Gasteiger partial charge in [-0.3, -0.25) is 4.98 Å². The number of methoxy groups -OCH3 is 2. The summed E-state index contributed by atoms with van der Waals surface area (Å²) in [7, 11) is 3.28. The van der Waals surface area contributed by atoms with Crippen LogP contribution in [0.15, 0.2) is 67.0 Å². The zero-order valence-electron chi connectivity index (χ0n) is 18.8. The number of halogens is 1. The van der Waals surface area contributed by atoms with Crippen molar-refractivity contribution >= 4 is 34.6 Å². The Bertz CT molecular complexity index is 1210. The molecule has 0 amide bonds. The van der Waals surface area contributed by atoms with E-state index in [-0.39, 0.29) is 18.2 Å². The second-order valence-electron chi connectivity index (χ2n) is 7.28. The molecule has 0 aliphatic carbocycles. The monoisotopic (exact) mass is 466 g/mol. The lowest BCUT2D eigenvalue weighted by Crippen LogP contribution is -2.01. The normalized spacial score (nSPS) is 10.4. The van der Waals surface area contributed by atoms with Crippen molar-refractivity contribution in [3.05, 3.63) is 78.1 Å². The van der Waals surface area contributed by atoms with E-state index < -0.39 is 0 Å². The number of phenols is 1. The van der Waals surface area contributed by atoms with Gasteiger partial charge in [-0.2, -0.15) is 0 Å². The van der Waals surface area contributed by atoms with E-state index in [1.807, 2.05) is 61.7 Å². The molecule has 172 valence electrons. The van der Waals surface area contributed by atoms with Crippen LogP contribution in [0, 0.1) is 0 Å². The lowest BCUT2D eigenvalue weighted by Gasteiger charge is -2.17. The van der Waals surface area contributed by atoms with Crippen LogP contribution in [-0.2, 0) is 6.42 Å². The molecule has 0 saturated carbocycles. The van der Waals surface area contributed by atoms with Gasteiger partial charge in [0.15, 0.2) is 11.5 Å². The van der Waals surface area contributed by atoms with Crippen molar-refractivity contribution in [1.29, 1.82) is 0 Å². The molecule has 0 fully saturated rings. The highest BCUT2D eigenvalue weighted by Crippen LogP contribution is 2.40. The van der Waals surface area contributed by atoms with Crippen molar-refractivity contribution in [2.24, 2.45) is 0 Å². The third kappa shape index (κ3) is 5.07. The fraction of sp³-hybridized carbons (Fsp3) is 0.192. The molecule has 6 nitrogen and oxygen atoms in total. The quantitative estimate of drug-likeness (QED) is 0.326. The van der Waals surface area contributed by atoms with Gasteiger partial charge in [0, 0.05) is 23.5 Å². The van der Waals surface area contributed by atoms with Gasteiger partial charge in [0.1, 0.15) is 17.2 Å². The number of aromatic nitrogens is 1. The third-order valence-corrected chi connectivity index (χ3v) is 5.26. The first-order valence-corrected chi connectivity index (χ1v) is 10.4. The van der Waals surface area contributed by atoms with E-state index in [0.29, 0.717) is 35.7 Å². The summed E-state index contributed by atoms with van der Waals surface area (Å²) in [5.74, 6) is 1.92. The number of hydrogen-bond donors (Lipinski definition) is 2. The summed E-state index contributed by atoms with van der Waals surface area (Å²) in [4.78, 5) is 4.34. The van der Waals surface area contributed by atoms with Crippen LogP contribution >= 0.6 is 12.4 Å². The van der Waals surface area contributed by atoms with E-state index in [0.717, 1.165) is 27.9 Å². The summed E-state index contributed by atoms with van der Waals surface area (Å²) < 4.78 is 16.9. The maximum atomic E-state index is 10.6. The summed E-state index contributed by atoms with van der Waals surface area (Å²) >= 11 is 0. The average Bonchev–Trinajstić information content (AvgIpc) is 2.82. The molecule has 0 spiro atoms. The lowest BCUT2D eigenvalue weighted by atomic mass is 9.99. The Morgan fingerprint density at radius 3 is 2.21 bits per heavy atom. The van der Waals surface area contributed by atoms with Gasteiger partial charge in [0.25, 0.3) is 0 Å². The lowest BCUT2D eigenvalue weighted by molar-refractivity contribution is 0.320. The molecular weight excluding hydrogens is 440 g/mol. The highest BCUT2D eigenvalue weighted by molar-refractivity contribution is 5.92. The topological polar surface area (TPSA) is 72.8 Å². The van der Waals surface area contributed by atoms with Crippen LogP contribution in [0.3, 0.4) is 0 Å². The summed E-state index contributed by atoms with van der Waals surface area (Å²) in [5.41, 5.74) is 3.68. The standard InChI is InChI=1S/C26H26N2O4.ClH/c1-4-32-22-11-10-20-18(15-27-16-21(20)26(22)29)12-17-13-23(30-2)25(24(14-17)31-3)28-19-8-6-5-7-9-19;/h5-11,13-16,28-29H,4,12H2,1-3H3;1H. The van der Waals surface area contributed by atoms with Gasteiger partial charge in [-0.1, -0.05) is 24.3 Å². The maximum absolute atomic E-state index is 10.6. The Hall–Kier alpha value is -3.64. The number of ether oxygens (including phenoxy) is 3. The minimum Gasteiger partial charge on any atom is -0.504 e. The Kier molecular flexibility index (Phi) is 7.85. The molecule has 1 aromatic heterocycles. The predicted octanol–water partition coefficient (Wildman–Crippen LogP) is 6.11. The number of nitrogens with one attached hydrogen (secondary N) is 1. The molecular formula is C26H27ClN2O4. The van der Waals surface area contributed by atoms with Gasteiger partial charge in [-0.05, 0) is 60.2 Å². The first-order chi connectivity index (χ1) is 15.6. The molecule has 0 bridgehead atoms. The molecule has 2 N–H and O–H groups in total. The second kappa shape index (κ2) is 10.8. The van der Waals surface area contributed by atoms with E-state index in [2.05, 4.69) is 10.3 Å². The molecule has 1 heterocycles. The third-order valence-electron chi connectivity index (χ3n) is 5.26. The zero-order valence-corrected chi connectivity index (χ0v) is 19.6. The molecule has 0 atom stereocenters. The van der Waals surface area contributed by atoms with Crippen molar-refractivity contribution in [2.45, 2.75) is 13.3 Å². The van der Waals surface area contributed by atoms with Crippen LogP contribution < -0.4 is 19.5 Å². The van der Waals surface area contributed by atoms with Crippen LogP contribution in [0.25, 0.3) is 10.8 Å². The fourth-order valence-electron chi connectivity index (χ4n) is 3.76. The minimum absolute atomic E-state index is 0. The van der Waals surface area contributed by atoms with Crippen molar-refractivity contribution in [3.63, 3.8) is 0 Å². The largest absolute Gasteiger partial charge is 0.504 e. The van der Waals surface area contributed by atoms with Crippen molar-refractivity contribution < 1.29 is 19.3 Å². The number of benzene rings is 3. The molecule has 0 aliphatic heterocycles. The molecule has 0 radical (unpaired) electrons. The van der Waals surface area contributed by atoms with E-state index in [1.165, 1.54) is 0 Å². The number of pyridine rings is 1. The first kappa shape index (κ1) is 24.0. The summed E-state index contributed by atoms with van der Waals surface area (Å²) in [6.45, 7) is 2.37. The average molecular weight is 467 g/mol. The maximum Gasteiger partial charge on any atom is 0.167 e. The highest BCUT2D eigenvalue weighted by Gasteiger charge is 2.16. The van der Waals surface area contributed by atoms with E-state index in [1.54, 1.807) is 26.5 Å². The first-order valence-electron chi connectivity index (χ1n) is 10.4. The van der Waals surface area contributed by atoms with Crippen LogP contribution in [0.5, 0.6) is 23.0 Å². The zero-order chi connectivity index (χ0) is 22.5. The number of para-hydroxylation sites is 1. The van der Waals surface area contributed by atoms with Crippen molar-refractivity contribution in [3.8, 4) is 23.0 Å². The van der Waals surface area contributed by atoms with Gasteiger partial charge >= 0.3 is 0 Å². The predicted molar refractivity (Wildman–Crippen MR) is 134 cm³/mol. The number of fused-ring (bicyclic) bond motifs is 1. The summed E-state index contributed by atoms with van der Waals surface area (Å²) in [5, 5.41) is 15.6. The molecule has 33 heavy (non-hydrogen) atoms. The number of nitrogens with zero attached hydrogens (tertiary/aromatic N) is 1. The van der Waals surface area contributed by atoms with Gasteiger partial charge in [0.05, 0.1) is 20.8 Å². The number of rotatable bonds is 8. The smallest absolute Gasteiger partial charge is 0.167 e. The molecule has 7 heteroatoms. The van der Waals surface area contributed by atoms with E-state index >= 15 is 0 Å². The van der Waals surface area contributed by atoms with E-state index in [4.69, 9.17) is 14.2 Å². The second-order valence-corrected chi connectivity index (χ2v) is 7.28. The van der Waals surface area contributed by atoms with Crippen molar-refractivity contribution in [2.75, 3.05) is 26.1 Å². The molecule has 4 rings (SSSR count). The van der Waals surface area contributed by atoms with Gasteiger partial charge in [-0.25, -0.2) is 0 Å². The van der Waals surface area contributed by atoms with Gasteiger partial charge in [0.2, 0.25) is 0 Å². The Morgan fingerprint density at radius 2 is 1.58 bits per heavy atom. The van der Waals surface area contributed by atoms with Crippen LogP contribution in [0.4, 0.5) is 11.4 Å². The van der Waals surface area contributed by atoms with E-state index in [9.17, 15) is 5.11 Å². The van der Waals surface area contributed by atoms with Crippen LogP contribution in [-0.4, -0.2) is 30.9 Å². The van der Waals surface area contributed by atoms with Crippen LogP contribution in [0.2, 0.25) is 0 Å². The Morgan fingerprint density at radius 1 is 0.879 bits per heavy atom. The summed E-state index contributed by atoms with van der Waals surface area (Å²) in [6, 6.07) is 17.6. The molecule has 0 unspecified atom stereocenters. The Labute approximate surface area is 199 Å². The minimum atomic E-state index is 0. The number of hydrogen-bond acceptors (Lipinski definition) is 6. The molecule has 3 aromatic carbocycles. The fourth-order valence-corrected chi connectivity index (χ4v) is 3.76. The molecule has 0 saturated heterocycles. The molecule has 0 aliphatic rings. The SMILES string of the molecule is CCOc1ccc2c(Cc3cc(OC)c(Nc4ccccc4)c(OC)c3)cncc2c1O.Cl. The van der Waals surface area contributed by atoms with Crippen molar-refractivity contribution in [1.82, 2.24) is 4.98 Å². The van der Waals surface area contributed by atoms with Crippen LogP contribution in [0.1, 0.15) is 18.1 Å². The number of aromatic hydroxyl groups is 1. The molecule has 4 aromatic rings. The number of anilines is 2. The summed E-state index contributed by atoms with van der Waals surface area (Å²) in [6.07, 6.45) is 4.07. The highest BCUT2D eigenvalue weighted by atomic mass is 35.5.